The van der Waals surface area contributed by atoms with Crippen molar-refractivity contribution in [2.75, 3.05) is 19.3 Å². The summed E-state index contributed by atoms with van der Waals surface area (Å²) in [5, 5.41) is 3.95. The SMILES string of the molecule is CSc1ccc(Cl)c(C(=O)N2CC(C)NC(C)C2)c1. The Morgan fingerprint density at radius 3 is 2.58 bits per heavy atom. The molecule has 0 bridgehead atoms. The summed E-state index contributed by atoms with van der Waals surface area (Å²) in [6.07, 6.45) is 1.99. The standard InChI is InChI=1S/C14H19ClN2OS/c1-9-7-17(8-10(2)16-9)14(18)12-6-11(19-3)4-5-13(12)15/h4-6,9-10,16H,7-8H2,1-3H3. The van der Waals surface area contributed by atoms with E-state index in [2.05, 4.69) is 19.2 Å². The van der Waals surface area contributed by atoms with Crippen molar-refractivity contribution in [3.8, 4) is 0 Å². The Hall–Kier alpha value is -0.710. The van der Waals surface area contributed by atoms with E-state index < -0.39 is 0 Å². The van der Waals surface area contributed by atoms with Gasteiger partial charge in [0.25, 0.3) is 5.91 Å². The minimum absolute atomic E-state index is 0.0288. The van der Waals surface area contributed by atoms with Crippen molar-refractivity contribution >= 4 is 29.3 Å². The first-order chi connectivity index (χ1) is 9.01. The summed E-state index contributed by atoms with van der Waals surface area (Å²) in [6, 6.07) is 6.25. The third kappa shape index (κ3) is 3.44. The maximum Gasteiger partial charge on any atom is 0.255 e. The second-order valence-electron chi connectivity index (χ2n) is 5.02. The molecule has 0 aliphatic carbocycles. The molecule has 0 spiro atoms. The van der Waals surface area contributed by atoms with Crippen molar-refractivity contribution in [1.82, 2.24) is 10.2 Å². The van der Waals surface area contributed by atoms with E-state index in [9.17, 15) is 4.79 Å². The van der Waals surface area contributed by atoms with Gasteiger partial charge in [-0.3, -0.25) is 4.79 Å². The zero-order valence-electron chi connectivity index (χ0n) is 11.4. The fourth-order valence-electron chi connectivity index (χ4n) is 2.46. The molecule has 1 aliphatic heterocycles. The first-order valence-corrected chi connectivity index (χ1v) is 8.00. The Morgan fingerprint density at radius 1 is 1.37 bits per heavy atom. The van der Waals surface area contributed by atoms with Crippen LogP contribution in [0, 0.1) is 0 Å². The number of amides is 1. The Labute approximate surface area is 123 Å². The molecule has 2 unspecified atom stereocenters. The predicted octanol–water partition coefficient (Wildman–Crippen LogP) is 2.88. The summed E-state index contributed by atoms with van der Waals surface area (Å²) in [4.78, 5) is 15.5. The maximum absolute atomic E-state index is 12.6. The van der Waals surface area contributed by atoms with Crippen LogP contribution in [0.1, 0.15) is 24.2 Å². The summed E-state index contributed by atoms with van der Waals surface area (Å²) in [5.41, 5.74) is 0.606. The molecule has 104 valence electrons. The van der Waals surface area contributed by atoms with Crippen LogP contribution in [-0.4, -0.2) is 42.2 Å². The molecule has 1 heterocycles. The number of nitrogens with zero attached hydrogens (tertiary/aromatic N) is 1. The van der Waals surface area contributed by atoms with Crippen molar-refractivity contribution in [2.24, 2.45) is 0 Å². The van der Waals surface area contributed by atoms with Gasteiger partial charge in [-0.1, -0.05) is 11.6 Å². The predicted molar refractivity (Wildman–Crippen MR) is 81.2 cm³/mol. The third-order valence-corrected chi connectivity index (χ3v) is 4.30. The van der Waals surface area contributed by atoms with E-state index in [0.717, 1.165) is 18.0 Å². The molecule has 1 fully saturated rings. The Morgan fingerprint density at radius 2 is 2.00 bits per heavy atom. The van der Waals surface area contributed by atoms with E-state index in [0.29, 0.717) is 22.7 Å². The van der Waals surface area contributed by atoms with Crippen molar-refractivity contribution in [1.29, 1.82) is 0 Å². The molecule has 1 aromatic rings. The van der Waals surface area contributed by atoms with Crippen molar-refractivity contribution in [2.45, 2.75) is 30.8 Å². The number of carbonyl (C=O) groups is 1. The molecule has 1 saturated heterocycles. The smallest absolute Gasteiger partial charge is 0.255 e. The topological polar surface area (TPSA) is 32.3 Å². The molecule has 2 atom stereocenters. The first kappa shape index (κ1) is 14.7. The van der Waals surface area contributed by atoms with Gasteiger partial charge in [0.1, 0.15) is 0 Å². The second-order valence-corrected chi connectivity index (χ2v) is 6.31. The van der Waals surface area contributed by atoms with E-state index in [4.69, 9.17) is 11.6 Å². The first-order valence-electron chi connectivity index (χ1n) is 6.40. The summed E-state index contributed by atoms with van der Waals surface area (Å²) in [5.74, 6) is 0.0288. The largest absolute Gasteiger partial charge is 0.335 e. The molecule has 1 aromatic carbocycles. The highest BCUT2D eigenvalue weighted by molar-refractivity contribution is 7.98. The van der Waals surface area contributed by atoms with E-state index in [1.807, 2.05) is 23.3 Å². The van der Waals surface area contributed by atoms with Crippen molar-refractivity contribution in [3.05, 3.63) is 28.8 Å². The fraction of sp³-hybridized carbons (Fsp3) is 0.500. The number of hydrogen-bond donors (Lipinski definition) is 1. The average Bonchev–Trinajstić information content (AvgIpc) is 2.37. The number of hydrogen-bond acceptors (Lipinski definition) is 3. The van der Waals surface area contributed by atoms with Crippen molar-refractivity contribution < 1.29 is 4.79 Å². The van der Waals surface area contributed by atoms with Gasteiger partial charge in [0.05, 0.1) is 10.6 Å². The Bertz CT molecular complexity index is 471. The lowest BCUT2D eigenvalue weighted by Gasteiger charge is -2.36. The lowest BCUT2D eigenvalue weighted by molar-refractivity contribution is 0.0673. The number of nitrogens with one attached hydrogen (secondary N) is 1. The van der Waals surface area contributed by atoms with Crippen LogP contribution in [0.2, 0.25) is 5.02 Å². The van der Waals surface area contributed by atoms with Crippen LogP contribution in [-0.2, 0) is 0 Å². The van der Waals surface area contributed by atoms with E-state index >= 15 is 0 Å². The van der Waals surface area contributed by atoms with Crippen LogP contribution >= 0.6 is 23.4 Å². The molecule has 1 amide bonds. The number of carbonyl (C=O) groups excluding carboxylic acids is 1. The van der Waals surface area contributed by atoms with Gasteiger partial charge < -0.3 is 10.2 Å². The lowest BCUT2D eigenvalue weighted by atomic mass is 10.1. The van der Waals surface area contributed by atoms with Crippen molar-refractivity contribution in [3.63, 3.8) is 0 Å². The molecular formula is C14H19ClN2OS. The zero-order valence-corrected chi connectivity index (χ0v) is 13.0. The number of halogens is 1. The van der Waals surface area contributed by atoms with Crippen LogP contribution in [0.5, 0.6) is 0 Å². The number of piperazine rings is 1. The number of rotatable bonds is 2. The summed E-state index contributed by atoms with van der Waals surface area (Å²) >= 11 is 7.78. The van der Waals surface area contributed by atoms with E-state index in [-0.39, 0.29) is 5.91 Å². The molecule has 0 radical (unpaired) electrons. The van der Waals surface area contributed by atoms with E-state index in [1.54, 1.807) is 17.8 Å². The molecule has 0 saturated carbocycles. The summed E-state index contributed by atoms with van der Waals surface area (Å²) in [7, 11) is 0. The minimum Gasteiger partial charge on any atom is -0.335 e. The quantitative estimate of drug-likeness (QED) is 0.852. The van der Waals surface area contributed by atoms with Gasteiger partial charge in [0.2, 0.25) is 0 Å². The third-order valence-electron chi connectivity index (χ3n) is 3.25. The van der Waals surface area contributed by atoms with Crippen LogP contribution in [0.15, 0.2) is 23.1 Å². The van der Waals surface area contributed by atoms with Gasteiger partial charge in [-0.25, -0.2) is 0 Å². The maximum atomic E-state index is 12.6. The summed E-state index contributed by atoms with van der Waals surface area (Å²) < 4.78 is 0. The highest BCUT2D eigenvalue weighted by atomic mass is 35.5. The molecule has 19 heavy (non-hydrogen) atoms. The molecular weight excluding hydrogens is 280 g/mol. The van der Waals surface area contributed by atoms with E-state index in [1.165, 1.54) is 0 Å². The summed E-state index contributed by atoms with van der Waals surface area (Å²) in [6.45, 7) is 5.64. The average molecular weight is 299 g/mol. The van der Waals surface area contributed by atoms with Gasteiger partial charge in [-0.15, -0.1) is 11.8 Å². The normalized spacial score (nSPS) is 23.5. The second kappa shape index (κ2) is 6.16. The van der Waals surface area contributed by atoms with Gasteiger partial charge >= 0.3 is 0 Å². The Balaban J connectivity index is 2.23. The van der Waals surface area contributed by atoms with Crippen LogP contribution in [0.25, 0.3) is 0 Å². The van der Waals surface area contributed by atoms with Gasteiger partial charge in [-0.05, 0) is 38.3 Å². The highest BCUT2D eigenvalue weighted by Gasteiger charge is 2.26. The van der Waals surface area contributed by atoms with Crippen LogP contribution in [0.3, 0.4) is 0 Å². The number of thioether (sulfide) groups is 1. The van der Waals surface area contributed by atoms with Gasteiger partial charge in [0, 0.05) is 30.1 Å². The van der Waals surface area contributed by atoms with Gasteiger partial charge in [0.15, 0.2) is 0 Å². The lowest BCUT2D eigenvalue weighted by Crippen LogP contribution is -2.55. The fourth-order valence-corrected chi connectivity index (χ4v) is 3.10. The molecule has 3 nitrogen and oxygen atoms in total. The van der Waals surface area contributed by atoms with Crippen LogP contribution in [0.4, 0.5) is 0 Å². The minimum atomic E-state index is 0.0288. The molecule has 1 N–H and O–H groups in total. The highest BCUT2D eigenvalue weighted by Crippen LogP contribution is 2.24. The molecule has 5 heteroatoms. The van der Waals surface area contributed by atoms with Crippen LogP contribution < -0.4 is 5.32 Å². The molecule has 1 aliphatic rings. The molecule has 0 aromatic heterocycles. The molecule has 2 rings (SSSR count). The number of benzene rings is 1. The Kier molecular flexibility index (Phi) is 4.76. The van der Waals surface area contributed by atoms with Gasteiger partial charge in [-0.2, -0.15) is 0 Å². The zero-order chi connectivity index (χ0) is 14.0. The monoisotopic (exact) mass is 298 g/mol.